The lowest BCUT2D eigenvalue weighted by Crippen LogP contribution is -2.42. The molecule has 0 aliphatic heterocycles. The van der Waals surface area contributed by atoms with Crippen LogP contribution in [0.5, 0.6) is 11.5 Å². The van der Waals surface area contributed by atoms with Gasteiger partial charge in [-0.25, -0.2) is 4.79 Å². The highest BCUT2D eigenvalue weighted by atomic mass is 32.2. The standard InChI is InChI=1S/C16H19NO5S/c1-3-8-23-10-12(16(21)22-2)17-15(20)7-5-11-4-6-13(18)14(19)9-11/h3-7,9,12,18-19H,1,8,10H2,2H3,(H,17,20)/b7-5+. The van der Waals surface area contributed by atoms with Crippen LogP contribution < -0.4 is 5.32 Å². The van der Waals surface area contributed by atoms with Crippen LogP contribution in [0.4, 0.5) is 0 Å². The van der Waals surface area contributed by atoms with Gasteiger partial charge < -0.3 is 20.3 Å². The van der Waals surface area contributed by atoms with E-state index in [2.05, 4.69) is 16.6 Å². The van der Waals surface area contributed by atoms with Gasteiger partial charge in [-0.3, -0.25) is 4.79 Å². The normalized spacial score (nSPS) is 11.9. The first-order chi connectivity index (χ1) is 11.0. The second kappa shape index (κ2) is 9.58. The van der Waals surface area contributed by atoms with Gasteiger partial charge in [-0.1, -0.05) is 12.1 Å². The van der Waals surface area contributed by atoms with Crippen LogP contribution in [0.1, 0.15) is 5.56 Å². The van der Waals surface area contributed by atoms with Crippen LogP contribution in [0.15, 0.2) is 36.9 Å². The van der Waals surface area contributed by atoms with Crippen molar-refractivity contribution in [3.63, 3.8) is 0 Å². The number of hydrogen-bond acceptors (Lipinski definition) is 6. The number of methoxy groups -OCH3 is 1. The van der Waals surface area contributed by atoms with E-state index in [1.807, 2.05) is 0 Å². The number of carbonyl (C=O) groups is 2. The molecule has 1 aromatic rings. The number of carbonyl (C=O) groups excluding carboxylic acids is 2. The van der Waals surface area contributed by atoms with Crippen molar-refractivity contribution in [3.8, 4) is 11.5 Å². The smallest absolute Gasteiger partial charge is 0.329 e. The SMILES string of the molecule is C=CCSCC(NC(=O)/C=C/c1ccc(O)c(O)c1)C(=O)OC. The summed E-state index contributed by atoms with van der Waals surface area (Å²) < 4.78 is 4.66. The Bertz CT molecular complexity index is 600. The average molecular weight is 337 g/mol. The summed E-state index contributed by atoms with van der Waals surface area (Å²) in [4.78, 5) is 23.5. The number of aromatic hydroxyl groups is 2. The molecule has 1 atom stereocenters. The third-order valence-electron chi connectivity index (χ3n) is 2.75. The first-order valence-electron chi connectivity index (χ1n) is 6.75. The van der Waals surface area contributed by atoms with Crippen molar-refractivity contribution in [1.82, 2.24) is 5.32 Å². The van der Waals surface area contributed by atoms with E-state index >= 15 is 0 Å². The molecule has 0 fully saturated rings. The number of rotatable bonds is 8. The first kappa shape index (κ1) is 18.6. The molecular formula is C16H19NO5S. The summed E-state index contributed by atoms with van der Waals surface area (Å²) in [5.41, 5.74) is 0.533. The maximum absolute atomic E-state index is 11.9. The summed E-state index contributed by atoms with van der Waals surface area (Å²) in [5, 5.41) is 21.2. The van der Waals surface area contributed by atoms with Crippen LogP contribution in [0.3, 0.4) is 0 Å². The number of benzene rings is 1. The Morgan fingerprint density at radius 1 is 1.39 bits per heavy atom. The van der Waals surface area contributed by atoms with Gasteiger partial charge in [-0.2, -0.15) is 11.8 Å². The van der Waals surface area contributed by atoms with Crippen LogP contribution in [0, 0.1) is 0 Å². The molecule has 0 heterocycles. The lowest BCUT2D eigenvalue weighted by Gasteiger charge is -2.14. The Hall–Kier alpha value is -2.41. The minimum atomic E-state index is -0.754. The summed E-state index contributed by atoms with van der Waals surface area (Å²) in [6, 6.07) is 3.42. The van der Waals surface area contributed by atoms with Crippen molar-refractivity contribution in [3.05, 3.63) is 42.5 Å². The third kappa shape index (κ3) is 6.48. The topological polar surface area (TPSA) is 95.9 Å². The Morgan fingerprint density at radius 2 is 2.13 bits per heavy atom. The molecule has 124 valence electrons. The Morgan fingerprint density at radius 3 is 2.74 bits per heavy atom. The fraction of sp³-hybridized carbons (Fsp3) is 0.250. The van der Waals surface area contributed by atoms with E-state index in [0.29, 0.717) is 17.1 Å². The van der Waals surface area contributed by atoms with E-state index in [4.69, 9.17) is 0 Å². The lowest BCUT2D eigenvalue weighted by molar-refractivity contribution is -0.143. The highest BCUT2D eigenvalue weighted by molar-refractivity contribution is 7.99. The highest BCUT2D eigenvalue weighted by Gasteiger charge is 2.20. The number of esters is 1. The minimum absolute atomic E-state index is 0.239. The van der Waals surface area contributed by atoms with E-state index in [0.717, 1.165) is 0 Å². The molecule has 1 amide bonds. The van der Waals surface area contributed by atoms with Gasteiger partial charge in [0.1, 0.15) is 6.04 Å². The number of amides is 1. The first-order valence-corrected chi connectivity index (χ1v) is 7.90. The molecule has 23 heavy (non-hydrogen) atoms. The van der Waals surface area contributed by atoms with Gasteiger partial charge in [-0.15, -0.1) is 6.58 Å². The molecule has 0 bridgehead atoms. The summed E-state index contributed by atoms with van der Waals surface area (Å²) in [6.45, 7) is 3.59. The monoisotopic (exact) mass is 337 g/mol. The van der Waals surface area contributed by atoms with Crippen LogP contribution in [-0.2, 0) is 14.3 Å². The molecule has 1 unspecified atom stereocenters. The van der Waals surface area contributed by atoms with Crippen molar-refractivity contribution in [2.75, 3.05) is 18.6 Å². The highest BCUT2D eigenvalue weighted by Crippen LogP contribution is 2.25. The van der Waals surface area contributed by atoms with Gasteiger partial charge in [0.2, 0.25) is 5.91 Å². The Balaban J connectivity index is 2.66. The molecule has 1 aromatic carbocycles. The molecule has 3 N–H and O–H groups in total. The molecule has 7 heteroatoms. The Kier molecular flexibility index (Phi) is 7.76. The minimum Gasteiger partial charge on any atom is -0.504 e. The third-order valence-corrected chi connectivity index (χ3v) is 3.79. The molecule has 0 radical (unpaired) electrons. The van der Waals surface area contributed by atoms with Gasteiger partial charge in [0.05, 0.1) is 7.11 Å². The zero-order valence-electron chi connectivity index (χ0n) is 12.7. The fourth-order valence-corrected chi connectivity index (χ4v) is 2.37. The molecule has 0 saturated carbocycles. The second-order valence-electron chi connectivity index (χ2n) is 4.49. The van der Waals surface area contributed by atoms with Gasteiger partial charge in [0.15, 0.2) is 11.5 Å². The number of thioether (sulfide) groups is 1. The van der Waals surface area contributed by atoms with Gasteiger partial charge in [0, 0.05) is 17.6 Å². The number of ether oxygens (including phenoxy) is 1. The summed E-state index contributed by atoms with van der Waals surface area (Å²) in [5.74, 6) is -0.472. The van der Waals surface area contributed by atoms with Crippen molar-refractivity contribution in [1.29, 1.82) is 0 Å². The van der Waals surface area contributed by atoms with E-state index < -0.39 is 17.9 Å². The largest absolute Gasteiger partial charge is 0.504 e. The van der Waals surface area contributed by atoms with E-state index in [1.54, 1.807) is 6.08 Å². The van der Waals surface area contributed by atoms with Crippen LogP contribution in [0.2, 0.25) is 0 Å². The van der Waals surface area contributed by atoms with E-state index in [1.165, 1.54) is 49.2 Å². The number of phenolic OH excluding ortho intramolecular Hbond substituents is 2. The Labute approximate surface area is 138 Å². The lowest BCUT2D eigenvalue weighted by atomic mass is 10.2. The van der Waals surface area contributed by atoms with Gasteiger partial charge in [0.25, 0.3) is 0 Å². The van der Waals surface area contributed by atoms with Crippen LogP contribution in [0.25, 0.3) is 6.08 Å². The summed E-state index contributed by atoms with van der Waals surface area (Å²) in [7, 11) is 1.26. The van der Waals surface area contributed by atoms with E-state index in [9.17, 15) is 19.8 Å². The predicted octanol–water partition coefficient (Wildman–Crippen LogP) is 1.69. The predicted molar refractivity (Wildman–Crippen MR) is 90.3 cm³/mol. The number of phenols is 2. The molecule has 6 nitrogen and oxygen atoms in total. The second-order valence-corrected chi connectivity index (χ2v) is 5.57. The zero-order chi connectivity index (χ0) is 17.2. The molecular weight excluding hydrogens is 318 g/mol. The molecule has 0 aliphatic rings. The van der Waals surface area contributed by atoms with E-state index in [-0.39, 0.29) is 11.5 Å². The molecule has 0 spiro atoms. The fourth-order valence-electron chi connectivity index (χ4n) is 1.62. The van der Waals surface area contributed by atoms with Crippen molar-refractivity contribution < 1.29 is 24.5 Å². The average Bonchev–Trinajstić information content (AvgIpc) is 2.54. The number of nitrogens with one attached hydrogen (secondary N) is 1. The van der Waals surface area contributed by atoms with Crippen molar-refractivity contribution in [2.45, 2.75) is 6.04 Å². The number of hydrogen-bond donors (Lipinski definition) is 3. The van der Waals surface area contributed by atoms with Crippen molar-refractivity contribution in [2.24, 2.45) is 0 Å². The van der Waals surface area contributed by atoms with Gasteiger partial charge >= 0.3 is 5.97 Å². The molecule has 0 aromatic heterocycles. The maximum atomic E-state index is 11.9. The maximum Gasteiger partial charge on any atom is 0.329 e. The zero-order valence-corrected chi connectivity index (χ0v) is 13.5. The molecule has 0 aliphatic carbocycles. The molecule has 1 rings (SSSR count). The summed E-state index contributed by atoms with van der Waals surface area (Å²) in [6.07, 6.45) is 4.40. The quantitative estimate of drug-likeness (QED) is 0.220. The molecule has 0 saturated heterocycles. The van der Waals surface area contributed by atoms with Crippen molar-refractivity contribution >= 4 is 29.7 Å². The summed E-state index contributed by atoms with van der Waals surface area (Å²) >= 11 is 1.45. The van der Waals surface area contributed by atoms with Crippen LogP contribution >= 0.6 is 11.8 Å². The van der Waals surface area contributed by atoms with Crippen LogP contribution in [-0.4, -0.2) is 46.7 Å². The van der Waals surface area contributed by atoms with Gasteiger partial charge in [-0.05, 0) is 23.8 Å².